The number of carbonyl (C=O) groups is 3. The van der Waals surface area contributed by atoms with Gasteiger partial charge in [0, 0.05) is 18.9 Å². The molecule has 2 amide bonds. The maximum atomic E-state index is 12.5. The van der Waals surface area contributed by atoms with Gasteiger partial charge in [0.15, 0.2) is 6.04 Å². The maximum Gasteiger partial charge on any atom is 0.407 e. The minimum Gasteiger partial charge on any atom is -0.480 e. The highest BCUT2D eigenvalue weighted by Gasteiger charge is 2.29. The van der Waals surface area contributed by atoms with Crippen LogP contribution in [0.15, 0.2) is 78.9 Å². The summed E-state index contributed by atoms with van der Waals surface area (Å²) in [5.74, 6) is -1.56. The van der Waals surface area contributed by atoms with Gasteiger partial charge >= 0.3 is 12.1 Å². The number of benzene rings is 3. The summed E-state index contributed by atoms with van der Waals surface area (Å²) in [6.45, 7) is 4.36. The number of nitrogens with one attached hydrogen (secondary N) is 2. The molecule has 3 atom stereocenters. The Morgan fingerprint density at radius 1 is 0.875 bits per heavy atom. The SMILES string of the molecule is CC(CCC(=O)N[C@H](C(=O)O)[C@@H](C)OCc1ccccc1)CNC(=O)OCC1c2ccccc2-c2ccccc21. The number of carbonyl (C=O) groups excluding carboxylic acids is 2. The Balaban J connectivity index is 1.17. The summed E-state index contributed by atoms with van der Waals surface area (Å²) in [6.07, 6.45) is -0.619. The molecule has 0 aromatic heterocycles. The second-order valence-electron chi connectivity index (χ2n) is 10.2. The van der Waals surface area contributed by atoms with Crippen molar-refractivity contribution in [3.05, 3.63) is 95.6 Å². The molecule has 0 radical (unpaired) electrons. The largest absolute Gasteiger partial charge is 0.480 e. The van der Waals surface area contributed by atoms with E-state index in [1.54, 1.807) is 6.92 Å². The van der Waals surface area contributed by atoms with E-state index in [1.165, 1.54) is 11.1 Å². The standard InChI is InChI=1S/C32H36N2O6/c1-21(16-17-29(35)34-30(31(36)37)22(2)39-19-23-10-4-3-5-11-23)18-33-32(38)40-20-28-26-14-8-6-12-24(26)25-13-7-9-15-27(25)28/h3-15,21-22,28,30H,16-20H2,1-2H3,(H,33,38)(H,34,35)(H,36,37)/t21?,22-,30+/m1/s1. The molecule has 0 spiro atoms. The van der Waals surface area contributed by atoms with Crippen LogP contribution in [0.5, 0.6) is 0 Å². The van der Waals surface area contributed by atoms with E-state index < -0.39 is 24.2 Å². The van der Waals surface area contributed by atoms with Crippen LogP contribution in [-0.4, -0.2) is 48.4 Å². The molecular weight excluding hydrogens is 508 g/mol. The van der Waals surface area contributed by atoms with Crippen molar-refractivity contribution in [1.29, 1.82) is 0 Å². The van der Waals surface area contributed by atoms with Crippen LogP contribution >= 0.6 is 0 Å². The van der Waals surface area contributed by atoms with Gasteiger partial charge in [0.05, 0.1) is 12.7 Å². The molecule has 0 heterocycles. The topological polar surface area (TPSA) is 114 Å². The number of aliphatic carboxylic acids is 1. The lowest BCUT2D eigenvalue weighted by atomic mass is 9.98. The first-order chi connectivity index (χ1) is 19.3. The van der Waals surface area contributed by atoms with Crippen LogP contribution in [0.2, 0.25) is 0 Å². The summed E-state index contributed by atoms with van der Waals surface area (Å²) in [5.41, 5.74) is 5.55. The molecule has 0 bridgehead atoms. The molecule has 3 N–H and O–H groups in total. The highest BCUT2D eigenvalue weighted by Crippen LogP contribution is 2.44. The zero-order valence-electron chi connectivity index (χ0n) is 22.8. The minimum atomic E-state index is -1.16. The fourth-order valence-corrected chi connectivity index (χ4v) is 4.91. The average Bonchev–Trinajstić information content (AvgIpc) is 3.29. The third-order valence-corrected chi connectivity index (χ3v) is 7.21. The van der Waals surface area contributed by atoms with Gasteiger partial charge in [0.25, 0.3) is 0 Å². The van der Waals surface area contributed by atoms with Gasteiger partial charge in [-0.05, 0) is 47.1 Å². The van der Waals surface area contributed by atoms with Gasteiger partial charge in [-0.3, -0.25) is 4.79 Å². The van der Waals surface area contributed by atoms with E-state index in [1.807, 2.05) is 61.5 Å². The molecule has 4 rings (SSSR count). The van der Waals surface area contributed by atoms with Crippen molar-refractivity contribution in [3.8, 4) is 11.1 Å². The normalized spacial score (nSPS) is 14.3. The molecule has 1 aliphatic rings. The predicted octanol–water partition coefficient (Wildman–Crippen LogP) is 5.12. The van der Waals surface area contributed by atoms with Gasteiger partial charge in [-0.1, -0.05) is 85.8 Å². The van der Waals surface area contributed by atoms with E-state index >= 15 is 0 Å². The van der Waals surface area contributed by atoms with Crippen LogP contribution in [0.25, 0.3) is 11.1 Å². The zero-order chi connectivity index (χ0) is 28.5. The fourth-order valence-electron chi connectivity index (χ4n) is 4.91. The summed E-state index contributed by atoms with van der Waals surface area (Å²) in [6, 6.07) is 24.6. The molecule has 3 aromatic rings. The molecule has 0 saturated carbocycles. The van der Waals surface area contributed by atoms with Gasteiger partial charge < -0.3 is 25.2 Å². The summed E-state index contributed by atoms with van der Waals surface area (Å²) < 4.78 is 11.3. The molecule has 0 aliphatic heterocycles. The quantitative estimate of drug-likeness (QED) is 0.275. The number of carboxylic acids is 1. The van der Waals surface area contributed by atoms with Crippen molar-refractivity contribution in [2.75, 3.05) is 13.2 Å². The number of carboxylic acid groups (broad SMARTS) is 1. The molecule has 8 heteroatoms. The third-order valence-electron chi connectivity index (χ3n) is 7.21. The van der Waals surface area contributed by atoms with Crippen LogP contribution < -0.4 is 10.6 Å². The maximum absolute atomic E-state index is 12.5. The number of amides is 2. The van der Waals surface area contributed by atoms with E-state index in [9.17, 15) is 19.5 Å². The van der Waals surface area contributed by atoms with Crippen LogP contribution in [0.1, 0.15) is 49.3 Å². The second-order valence-corrected chi connectivity index (χ2v) is 10.2. The molecular formula is C32H36N2O6. The Bertz CT molecular complexity index is 1270. The summed E-state index contributed by atoms with van der Waals surface area (Å²) in [4.78, 5) is 36.7. The Hall–Kier alpha value is -4.17. The second kappa shape index (κ2) is 13.8. The fraction of sp³-hybridized carbons (Fsp3) is 0.344. The van der Waals surface area contributed by atoms with Crippen molar-refractivity contribution >= 4 is 18.0 Å². The Labute approximate surface area is 234 Å². The van der Waals surface area contributed by atoms with E-state index in [0.717, 1.165) is 16.7 Å². The first-order valence-corrected chi connectivity index (χ1v) is 13.6. The summed E-state index contributed by atoms with van der Waals surface area (Å²) in [7, 11) is 0. The highest BCUT2D eigenvalue weighted by atomic mass is 16.5. The van der Waals surface area contributed by atoms with Crippen LogP contribution in [0, 0.1) is 5.92 Å². The summed E-state index contributed by atoms with van der Waals surface area (Å²) in [5, 5.41) is 14.9. The number of alkyl carbamates (subject to hydrolysis) is 1. The molecule has 40 heavy (non-hydrogen) atoms. The van der Waals surface area contributed by atoms with Crippen molar-refractivity contribution < 1.29 is 29.0 Å². The van der Waals surface area contributed by atoms with Crippen LogP contribution in [0.4, 0.5) is 4.79 Å². The number of fused-ring (bicyclic) bond motifs is 3. The lowest BCUT2D eigenvalue weighted by Gasteiger charge is -2.22. The Morgan fingerprint density at radius 2 is 1.48 bits per heavy atom. The molecule has 8 nitrogen and oxygen atoms in total. The molecule has 1 aliphatic carbocycles. The summed E-state index contributed by atoms with van der Waals surface area (Å²) >= 11 is 0. The molecule has 0 saturated heterocycles. The number of rotatable bonds is 13. The zero-order valence-corrected chi connectivity index (χ0v) is 22.8. The Kier molecular flexibility index (Phi) is 9.91. The van der Waals surface area contributed by atoms with Gasteiger partial charge in [0.1, 0.15) is 6.61 Å². The monoisotopic (exact) mass is 544 g/mol. The van der Waals surface area contributed by atoms with Gasteiger partial charge in [-0.25, -0.2) is 9.59 Å². The van der Waals surface area contributed by atoms with Crippen molar-refractivity contribution in [3.63, 3.8) is 0 Å². The number of hydrogen-bond donors (Lipinski definition) is 3. The molecule has 1 unspecified atom stereocenters. The van der Waals surface area contributed by atoms with Gasteiger partial charge in [-0.15, -0.1) is 0 Å². The van der Waals surface area contributed by atoms with E-state index in [0.29, 0.717) is 13.0 Å². The van der Waals surface area contributed by atoms with E-state index in [4.69, 9.17) is 9.47 Å². The van der Waals surface area contributed by atoms with Crippen molar-refractivity contribution in [1.82, 2.24) is 10.6 Å². The van der Waals surface area contributed by atoms with Crippen LogP contribution in [-0.2, 0) is 25.7 Å². The third kappa shape index (κ3) is 7.48. The van der Waals surface area contributed by atoms with Crippen molar-refractivity contribution in [2.24, 2.45) is 5.92 Å². The van der Waals surface area contributed by atoms with Crippen molar-refractivity contribution in [2.45, 2.75) is 51.4 Å². The molecule has 210 valence electrons. The van der Waals surface area contributed by atoms with Gasteiger partial charge in [0.2, 0.25) is 5.91 Å². The number of hydrogen-bond acceptors (Lipinski definition) is 5. The molecule has 3 aromatic carbocycles. The number of ether oxygens (including phenoxy) is 2. The highest BCUT2D eigenvalue weighted by molar-refractivity contribution is 5.84. The first kappa shape index (κ1) is 28.8. The molecule has 0 fully saturated rings. The van der Waals surface area contributed by atoms with E-state index in [-0.39, 0.29) is 37.4 Å². The van der Waals surface area contributed by atoms with Crippen LogP contribution in [0.3, 0.4) is 0 Å². The minimum absolute atomic E-state index is 0.0127. The lowest BCUT2D eigenvalue weighted by Crippen LogP contribution is -2.48. The van der Waals surface area contributed by atoms with Gasteiger partial charge in [-0.2, -0.15) is 0 Å². The lowest BCUT2D eigenvalue weighted by molar-refractivity contribution is -0.146. The van der Waals surface area contributed by atoms with E-state index in [2.05, 4.69) is 34.9 Å². The first-order valence-electron chi connectivity index (χ1n) is 13.6. The predicted molar refractivity (Wildman–Crippen MR) is 152 cm³/mol. The smallest absolute Gasteiger partial charge is 0.407 e. The Morgan fingerprint density at radius 3 is 2.10 bits per heavy atom. The average molecular weight is 545 g/mol.